The summed E-state index contributed by atoms with van der Waals surface area (Å²) in [6.45, 7) is 3.82. The summed E-state index contributed by atoms with van der Waals surface area (Å²) in [5, 5.41) is 8.96. The first-order chi connectivity index (χ1) is 17.5. The molecule has 0 radical (unpaired) electrons. The van der Waals surface area contributed by atoms with Crippen LogP contribution in [0.5, 0.6) is 0 Å². The van der Waals surface area contributed by atoms with Crippen LogP contribution in [-0.4, -0.2) is 20.5 Å². The van der Waals surface area contributed by atoms with Gasteiger partial charge >= 0.3 is 0 Å². The normalized spacial score (nSPS) is 16.3. The summed E-state index contributed by atoms with van der Waals surface area (Å²) in [5.74, 6) is -0.656. The van der Waals surface area contributed by atoms with Gasteiger partial charge in [-0.25, -0.2) is 4.68 Å². The lowest BCUT2D eigenvalue weighted by Crippen LogP contribution is -2.18. The predicted molar refractivity (Wildman–Crippen MR) is 142 cm³/mol. The highest BCUT2D eigenvalue weighted by Gasteiger charge is 2.42. The van der Waals surface area contributed by atoms with Crippen LogP contribution in [0, 0.1) is 6.92 Å². The molecule has 36 heavy (non-hydrogen) atoms. The monoisotopic (exact) mass is 472 g/mol. The number of carbonyl (C=O) groups excluding carboxylic acids is 1. The largest absolute Gasteiger partial charge is 0.359 e. The number of hydrogen-bond acceptors (Lipinski definition) is 4. The number of H-pyrrole nitrogens is 1. The van der Waals surface area contributed by atoms with E-state index in [0.717, 1.165) is 33.7 Å². The number of aromatic amines is 1. The molecule has 2 aromatic heterocycles. The molecule has 0 amide bonds. The lowest BCUT2D eigenvalue weighted by Gasteiger charge is -2.18. The summed E-state index contributed by atoms with van der Waals surface area (Å²) in [6.07, 6.45) is 0. The molecule has 0 saturated heterocycles. The maximum absolute atomic E-state index is 13.9. The minimum atomic E-state index is -0.401. The number of anilines is 1. The standard InChI is InChI=1S/C30H24N4O2/c1-18(31-21-14-8-4-9-15-21)23-25(20-12-6-3-7-13-20)26-24-19(2)33-34(22-16-10-5-11-17-22)29(24)32-30(36)27(26)28(23)35/h3-17,25,31H,1-2H3,(H,32,36)/b23-18-/t25-/m1/s1. The van der Waals surface area contributed by atoms with Crippen molar-refractivity contribution in [3.05, 3.63) is 135 Å². The van der Waals surface area contributed by atoms with E-state index in [1.807, 2.05) is 105 Å². The molecule has 2 N–H and O–H groups in total. The summed E-state index contributed by atoms with van der Waals surface area (Å²) >= 11 is 0. The van der Waals surface area contributed by atoms with E-state index in [-0.39, 0.29) is 11.3 Å². The average molecular weight is 473 g/mol. The molecule has 0 saturated carbocycles. The number of aryl methyl sites for hydroxylation is 1. The van der Waals surface area contributed by atoms with Gasteiger partial charge in [0.25, 0.3) is 5.56 Å². The number of pyridine rings is 1. The molecule has 6 heteroatoms. The summed E-state index contributed by atoms with van der Waals surface area (Å²) in [7, 11) is 0. The van der Waals surface area contributed by atoms with Gasteiger partial charge in [-0.05, 0) is 49.2 Å². The first-order valence-electron chi connectivity index (χ1n) is 11.9. The second kappa shape index (κ2) is 8.50. The number of carbonyl (C=O) groups is 1. The van der Waals surface area contributed by atoms with Gasteiger partial charge in [0.2, 0.25) is 0 Å². The third kappa shape index (κ3) is 3.38. The van der Waals surface area contributed by atoms with Crippen molar-refractivity contribution in [2.24, 2.45) is 0 Å². The number of Topliss-reactive ketones (excluding diaryl/α,β-unsaturated/α-hetero) is 1. The third-order valence-electron chi connectivity index (χ3n) is 6.75. The highest BCUT2D eigenvalue weighted by Crippen LogP contribution is 2.46. The fraction of sp³-hybridized carbons (Fsp3) is 0.100. The van der Waals surface area contributed by atoms with E-state index < -0.39 is 11.5 Å². The molecule has 0 aliphatic heterocycles. The first-order valence-corrected chi connectivity index (χ1v) is 11.9. The number of hydrogen-bond donors (Lipinski definition) is 2. The van der Waals surface area contributed by atoms with E-state index in [4.69, 9.17) is 5.10 Å². The number of allylic oxidation sites excluding steroid dienone is 2. The molecule has 6 rings (SSSR count). The van der Waals surface area contributed by atoms with Crippen molar-refractivity contribution >= 4 is 22.5 Å². The zero-order valence-corrected chi connectivity index (χ0v) is 19.9. The van der Waals surface area contributed by atoms with Crippen LogP contribution in [0.4, 0.5) is 5.69 Å². The number of ketones is 1. The topological polar surface area (TPSA) is 79.8 Å². The molecule has 5 aromatic rings. The molecule has 0 spiro atoms. The van der Waals surface area contributed by atoms with Crippen LogP contribution in [0.15, 0.2) is 107 Å². The fourth-order valence-corrected chi connectivity index (χ4v) is 5.23. The van der Waals surface area contributed by atoms with E-state index in [1.54, 1.807) is 4.68 Å². The van der Waals surface area contributed by atoms with Crippen LogP contribution in [0.2, 0.25) is 0 Å². The highest BCUT2D eigenvalue weighted by molar-refractivity contribution is 6.18. The molecule has 0 bridgehead atoms. The Balaban J connectivity index is 1.65. The average Bonchev–Trinajstić information content (AvgIpc) is 3.40. The molecule has 2 heterocycles. The summed E-state index contributed by atoms with van der Waals surface area (Å²) in [6, 6.07) is 29.3. The summed E-state index contributed by atoms with van der Waals surface area (Å²) in [4.78, 5) is 30.4. The Morgan fingerprint density at radius 1 is 0.889 bits per heavy atom. The van der Waals surface area contributed by atoms with Crippen molar-refractivity contribution in [1.82, 2.24) is 14.8 Å². The Hall–Kier alpha value is -4.71. The lowest BCUT2D eigenvalue weighted by molar-refractivity contribution is 0.103. The minimum Gasteiger partial charge on any atom is -0.359 e. The second-order valence-electron chi connectivity index (χ2n) is 9.00. The second-order valence-corrected chi connectivity index (χ2v) is 9.00. The summed E-state index contributed by atoms with van der Waals surface area (Å²) < 4.78 is 1.75. The van der Waals surface area contributed by atoms with E-state index in [2.05, 4.69) is 10.3 Å². The van der Waals surface area contributed by atoms with E-state index in [9.17, 15) is 9.59 Å². The maximum atomic E-state index is 13.9. The van der Waals surface area contributed by atoms with Crippen LogP contribution in [0.3, 0.4) is 0 Å². The van der Waals surface area contributed by atoms with Crippen molar-refractivity contribution in [1.29, 1.82) is 0 Å². The quantitative estimate of drug-likeness (QED) is 0.327. The van der Waals surface area contributed by atoms with Gasteiger partial charge in [-0.2, -0.15) is 5.10 Å². The molecular formula is C30H24N4O2. The van der Waals surface area contributed by atoms with Crippen molar-refractivity contribution in [2.45, 2.75) is 19.8 Å². The minimum absolute atomic E-state index is 0.191. The van der Waals surface area contributed by atoms with Gasteiger partial charge in [-0.15, -0.1) is 0 Å². The van der Waals surface area contributed by atoms with Gasteiger partial charge in [0.1, 0.15) is 5.65 Å². The van der Waals surface area contributed by atoms with Crippen LogP contribution in [0.1, 0.15) is 40.0 Å². The van der Waals surface area contributed by atoms with Crippen molar-refractivity contribution < 1.29 is 4.79 Å². The Morgan fingerprint density at radius 3 is 2.17 bits per heavy atom. The van der Waals surface area contributed by atoms with Gasteiger partial charge in [0, 0.05) is 28.3 Å². The van der Waals surface area contributed by atoms with Crippen molar-refractivity contribution in [2.75, 3.05) is 5.32 Å². The van der Waals surface area contributed by atoms with Crippen LogP contribution in [0.25, 0.3) is 16.7 Å². The van der Waals surface area contributed by atoms with Gasteiger partial charge in [-0.1, -0.05) is 66.7 Å². The molecule has 1 aliphatic carbocycles. The molecule has 6 nitrogen and oxygen atoms in total. The van der Waals surface area contributed by atoms with Gasteiger partial charge in [-0.3, -0.25) is 9.59 Å². The van der Waals surface area contributed by atoms with E-state index >= 15 is 0 Å². The van der Waals surface area contributed by atoms with Crippen LogP contribution >= 0.6 is 0 Å². The number of benzene rings is 3. The zero-order chi connectivity index (χ0) is 24.8. The number of nitrogens with zero attached hydrogens (tertiary/aromatic N) is 2. The van der Waals surface area contributed by atoms with Crippen LogP contribution in [-0.2, 0) is 0 Å². The van der Waals surface area contributed by atoms with E-state index in [1.165, 1.54) is 0 Å². The molecule has 0 fully saturated rings. The molecule has 3 aromatic carbocycles. The fourth-order valence-electron chi connectivity index (χ4n) is 5.23. The Bertz CT molecular complexity index is 1700. The Labute approximate surface area is 207 Å². The number of fused-ring (bicyclic) bond motifs is 3. The van der Waals surface area contributed by atoms with Gasteiger partial charge < -0.3 is 10.3 Å². The van der Waals surface area contributed by atoms with Gasteiger partial charge in [0.05, 0.1) is 16.9 Å². The Kier molecular flexibility index (Phi) is 5.15. The number of para-hydroxylation sites is 2. The Morgan fingerprint density at radius 2 is 1.50 bits per heavy atom. The molecule has 176 valence electrons. The molecule has 0 unspecified atom stereocenters. The number of nitrogens with one attached hydrogen (secondary N) is 2. The predicted octanol–water partition coefficient (Wildman–Crippen LogP) is 5.74. The third-order valence-corrected chi connectivity index (χ3v) is 6.75. The lowest BCUT2D eigenvalue weighted by atomic mass is 9.87. The SMILES string of the molecule is C/C(Nc1ccccc1)=C1/C(=O)c2c(c3c(C)nn(-c4ccccc4)c3[nH]c2=O)[C@@H]1c1ccccc1. The molecular weight excluding hydrogens is 448 g/mol. The molecule has 1 atom stereocenters. The van der Waals surface area contributed by atoms with Crippen molar-refractivity contribution in [3.63, 3.8) is 0 Å². The van der Waals surface area contributed by atoms with Gasteiger partial charge in [0.15, 0.2) is 5.78 Å². The smallest absolute Gasteiger partial charge is 0.261 e. The highest BCUT2D eigenvalue weighted by atomic mass is 16.1. The molecule has 1 aliphatic rings. The summed E-state index contributed by atoms with van der Waals surface area (Å²) in [5.41, 5.74) is 5.81. The van der Waals surface area contributed by atoms with Crippen LogP contribution < -0.4 is 10.9 Å². The van der Waals surface area contributed by atoms with Crippen molar-refractivity contribution in [3.8, 4) is 5.69 Å². The maximum Gasteiger partial charge on any atom is 0.261 e. The zero-order valence-electron chi connectivity index (χ0n) is 19.9. The van der Waals surface area contributed by atoms with E-state index in [0.29, 0.717) is 16.8 Å². The number of aromatic nitrogens is 3. The number of rotatable bonds is 4. The first kappa shape index (κ1) is 21.8.